The highest BCUT2D eigenvalue weighted by Gasteiger charge is 2.36. The van der Waals surface area contributed by atoms with Crippen LogP contribution in [0.5, 0.6) is 0 Å². The van der Waals surface area contributed by atoms with E-state index in [9.17, 15) is 5.11 Å². The summed E-state index contributed by atoms with van der Waals surface area (Å²) in [4.78, 5) is 0. The maximum atomic E-state index is 10.3. The first-order valence-corrected chi connectivity index (χ1v) is 5.55. The largest absolute Gasteiger partial charge is 0.390 e. The SMILES string of the molecule is CC(C)CC1(O)CCC(C)(C)CC1. The summed E-state index contributed by atoms with van der Waals surface area (Å²) >= 11 is 0. The van der Waals surface area contributed by atoms with E-state index in [0.717, 1.165) is 19.3 Å². The Labute approximate surface area is 82.5 Å². The summed E-state index contributed by atoms with van der Waals surface area (Å²) in [5.41, 5.74) is 0.118. The van der Waals surface area contributed by atoms with E-state index in [-0.39, 0.29) is 5.60 Å². The van der Waals surface area contributed by atoms with Crippen LogP contribution in [0, 0.1) is 11.3 Å². The molecular formula is C12H24O. The first kappa shape index (κ1) is 11.0. The molecule has 0 aromatic carbocycles. The van der Waals surface area contributed by atoms with Gasteiger partial charge in [-0.3, -0.25) is 0 Å². The molecule has 0 aromatic heterocycles. The van der Waals surface area contributed by atoms with Gasteiger partial charge in [-0.15, -0.1) is 0 Å². The zero-order valence-electron chi connectivity index (χ0n) is 9.56. The minimum absolute atomic E-state index is 0.344. The van der Waals surface area contributed by atoms with Crippen molar-refractivity contribution in [3.8, 4) is 0 Å². The third-order valence-electron chi connectivity index (χ3n) is 3.32. The third kappa shape index (κ3) is 3.30. The van der Waals surface area contributed by atoms with E-state index in [1.807, 2.05) is 0 Å². The van der Waals surface area contributed by atoms with Gasteiger partial charge in [0, 0.05) is 0 Å². The van der Waals surface area contributed by atoms with Crippen molar-refractivity contribution in [1.29, 1.82) is 0 Å². The lowest BCUT2D eigenvalue weighted by Crippen LogP contribution is -2.37. The van der Waals surface area contributed by atoms with Crippen molar-refractivity contribution in [2.75, 3.05) is 0 Å². The van der Waals surface area contributed by atoms with Gasteiger partial charge in [0.1, 0.15) is 0 Å². The van der Waals surface area contributed by atoms with Gasteiger partial charge < -0.3 is 5.11 Å². The Morgan fingerprint density at radius 1 is 1.08 bits per heavy atom. The van der Waals surface area contributed by atoms with E-state index in [0.29, 0.717) is 11.3 Å². The molecule has 1 nitrogen and oxygen atoms in total. The molecule has 0 aliphatic heterocycles. The average Bonchev–Trinajstić information content (AvgIpc) is 1.95. The summed E-state index contributed by atoms with van der Waals surface area (Å²) in [6, 6.07) is 0. The van der Waals surface area contributed by atoms with Crippen LogP contribution in [0.3, 0.4) is 0 Å². The Bertz CT molecular complexity index is 160. The van der Waals surface area contributed by atoms with Gasteiger partial charge in [-0.2, -0.15) is 0 Å². The van der Waals surface area contributed by atoms with Crippen LogP contribution in [0.15, 0.2) is 0 Å². The second-order valence-electron chi connectivity index (χ2n) is 5.99. The van der Waals surface area contributed by atoms with Crippen LogP contribution in [0.2, 0.25) is 0 Å². The van der Waals surface area contributed by atoms with Gasteiger partial charge in [0.15, 0.2) is 0 Å². The second kappa shape index (κ2) is 3.61. The lowest BCUT2D eigenvalue weighted by Gasteiger charge is -2.41. The van der Waals surface area contributed by atoms with Crippen molar-refractivity contribution in [2.24, 2.45) is 11.3 Å². The van der Waals surface area contributed by atoms with E-state index in [2.05, 4.69) is 27.7 Å². The number of hydrogen-bond donors (Lipinski definition) is 1. The van der Waals surface area contributed by atoms with E-state index < -0.39 is 0 Å². The second-order valence-corrected chi connectivity index (χ2v) is 5.99. The van der Waals surface area contributed by atoms with Crippen LogP contribution < -0.4 is 0 Å². The van der Waals surface area contributed by atoms with Crippen LogP contribution in [0.25, 0.3) is 0 Å². The summed E-state index contributed by atoms with van der Waals surface area (Å²) in [7, 11) is 0. The number of rotatable bonds is 2. The predicted octanol–water partition coefficient (Wildman–Crippen LogP) is 3.36. The molecule has 0 bridgehead atoms. The molecule has 0 atom stereocenters. The zero-order chi connectivity index (χ0) is 10.1. The minimum Gasteiger partial charge on any atom is -0.390 e. The fourth-order valence-corrected chi connectivity index (χ4v) is 2.36. The van der Waals surface area contributed by atoms with Gasteiger partial charge >= 0.3 is 0 Å². The molecule has 0 saturated heterocycles. The number of aliphatic hydroxyl groups is 1. The summed E-state index contributed by atoms with van der Waals surface area (Å²) < 4.78 is 0. The number of hydrogen-bond acceptors (Lipinski definition) is 1. The highest BCUT2D eigenvalue weighted by molar-refractivity contribution is 4.89. The van der Waals surface area contributed by atoms with E-state index in [1.165, 1.54) is 12.8 Å². The molecule has 1 rings (SSSR count). The van der Waals surface area contributed by atoms with Crippen molar-refractivity contribution < 1.29 is 5.11 Å². The minimum atomic E-state index is -0.344. The van der Waals surface area contributed by atoms with Crippen molar-refractivity contribution >= 4 is 0 Å². The molecule has 1 saturated carbocycles. The van der Waals surface area contributed by atoms with Gasteiger partial charge in [-0.05, 0) is 43.4 Å². The quantitative estimate of drug-likeness (QED) is 0.697. The molecule has 0 aromatic rings. The summed E-state index contributed by atoms with van der Waals surface area (Å²) in [5, 5.41) is 10.3. The van der Waals surface area contributed by atoms with Gasteiger partial charge in [0.2, 0.25) is 0 Å². The monoisotopic (exact) mass is 184 g/mol. The molecule has 1 aliphatic carbocycles. The fraction of sp³-hybridized carbons (Fsp3) is 1.00. The van der Waals surface area contributed by atoms with E-state index in [4.69, 9.17) is 0 Å². The van der Waals surface area contributed by atoms with Crippen LogP contribution in [0.4, 0.5) is 0 Å². The highest BCUT2D eigenvalue weighted by atomic mass is 16.3. The molecule has 0 spiro atoms. The fourth-order valence-electron chi connectivity index (χ4n) is 2.36. The van der Waals surface area contributed by atoms with Gasteiger partial charge in [0.25, 0.3) is 0 Å². The molecule has 1 N–H and O–H groups in total. The zero-order valence-corrected chi connectivity index (χ0v) is 9.56. The first-order chi connectivity index (χ1) is 5.83. The topological polar surface area (TPSA) is 20.2 Å². The normalized spacial score (nSPS) is 26.3. The molecule has 78 valence electrons. The summed E-state index contributed by atoms with van der Waals surface area (Å²) in [6.45, 7) is 9.00. The van der Waals surface area contributed by atoms with Crippen molar-refractivity contribution in [3.05, 3.63) is 0 Å². The standard InChI is InChI=1S/C12H24O/c1-10(2)9-12(13)7-5-11(3,4)6-8-12/h10,13H,5-9H2,1-4H3. The Morgan fingerprint density at radius 3 is 1.92 bits per heavy atom. The van der Waals surface area contributed by atoms with Crippen molar-refractivity contribution in [2.45, 2.75) is 65.4 Å². The maximum absolute atomic E-state index is 10.3. The molecule has 1 aliphatic rings. The lowest BCUT2D eigenvalue weighted by molar-refractivity contribution is -0.0404. The smallest absolute Gasteiger partial charge is 0.0650 e. The molecule has 0 amide bonds. The third-order valence-corrected chi connectivity index (χ3v) is 3.32. The Balaban J connectivity index is 2.47. The first-order valence-electron chi connectivity index (χ1n) is 5.55. The van der Waals surface area contributed by atoms with Crippen LogP contribution in [0.1, 0.15) is 59.8 Å². The molecule has 13 heavy (non-hydrogen) atoms. The Kier molecular flexibility index (Phi) is 3.06. The highest BCUT2D eigenvalue weighted by Crippen LogP contribution is 2.42. The lowest BCUT2D eigenvalue weighted by atomic mass is 9.69. The van der Waals surface area contributed by atoms with Crippen LogP contribution in [-0.4, -0.2) is 10.7 Å². The van der Waals surface area contributed by atoms with Crippen LogP contribution >= 0.6 is 0 Å². The Morgan fingerprint density at radius 2 is 1.54 bits per heavy atom. The molecule has 1 heteroatoms. The summed E-state index contributed by atoms with van der Waals surface area (Å²) in [5.74, 6) is 0.617. The molecular weight excluding hydrogens is 160 g/mol. The van der Waals surface area contributed by atoms with E-state index >= 15 is 0 Å². The van der Waals surface area contributed by atoms with Gasteiger partial charge in [-0.1, -0.05) is 27.7 Å². The van der Waals surface area contributed by atoms with Crippen molar-refractivity contribution in [1.82, 2.24) is 0 Å². The van der Waals surface area contributed by atoms with Gasteiger partial charge in [0.05, 0.1) is 5.60 Å². The molecule has 0 radical (unpaired) electrons. The molecule has 0 heterocycles. The van der Waals surface area contributed by atoms with Crippen molar-refractivity contribution in [3.63, 3.8) is 0 Å². The maximum Gasteiger partial charge on any atom is 0.0650 e. The average molecular weight is 184 g/mol. The van der Waals surface area contributed by atoms with Gasteiger partial charge in [-0.25, -0.2) is 0 Å². The predicted molar refractivity (Wildman–Crippen MR) is 56.7 cm³/mol. The molecule has 1 fully saturated rings. The summed E-state index contributed by atoms with van der Waals surface area (Å²) in [6.07, 6.45) is 5.33. The molecule has 0 unspecified atom stereocenters. The van der Waals surface area contributed by atoms with E-state index in [1.54, 1.807) is 0 Å². The Hall–Kier alpha value is -0.0400. The van der Waals surface area contributed by atoms with Crippen LogP contribution in [-0.2, 0) is 0 Å².